The Hall–Kier alpha value is -2.86. The van der Waals surface area contributed by atoms with E-state index in [9.17, 15) is 0 Å². The highest BCUT2D eigenvalue weighted by atomic mass is 79.9. The first kappa shape index (κ1) is 16.6. The van der Waals surface area contributed by atoms with E-state index in [1.165, 1.54) is 5.56 Å². The third-order valence-corrected chi connectivity index (χ3v) is 4.56. The van der Waals surface area contributed by atoms with Crippen LogP contribution in [-0.2, 0) is 6.54 Å². The predicted octanol–water partition coefficient (Wildman–Crippen LogP) is 4.80. The molecule has 0 saturated heterocycles. The number of nitrogens with zero attached hydrogens (tertiary/aromatic N) is 3. The average Bonchev–Trinajstić information content (AvgIpc) is 3.10. The fraction of sp³-hybridized carbons (Fsp3) is 0.100. The zero-order valence-corrected chi connectivity index (χ0v) is 15.8. The molecule has 0 saturated carbocycles. The molecule has 0 fully saturated rings. The van der Waals surface area contributed by atoms with Crippen molar-refractivity contribution < 1.29 is 4.74 Å². The van der Waals surface area contributed by atoms with Crippen molar-refractivity contribution in [2.24, 2.45) is 0 Å². The zero-order valence-electron chi connectivity index (χ0n) is 14.2. The van der Waals surface area contributed by atoms with Crippen LogP contribution in [0.2, 0.25) is 0 Å². The summed E-state index contributed by atoms with van der Waals surface area (Å²) in [5.74, 6) is 0.810. The molecule has 4 aromatic rings. The van der Waals surface area contributed by atoms with Gasteiger partial charge in [-0.05, 0) is 60.2 Å². The Kier molecular flexibility index (Phi) is 4.58. The molecule has 3 aromatic carbocycles. The SMILES string of the molecule is COc1ccc(-n2nc3ccc(NCc4cccc(Br)c4)cc3n2)cc1. The summed E-state index contributed by atoms with van der Waals surface area (Å²) < 4.78 is 6.27. The Morgan fingerprint density at radius 1 is 0.962 bits per heavy atom. The third kappa shape index (κ3) is 3.55. The molecule has 0 aliphatic rings. The summed E-state index contributed by atoms with van der Waals surface area (Å²) in [5.41, 5.74) is 4.82. The molecule has 1 aromatic heterocycles. The molecule has 0 atom stereocenters. The first-order valence-corrected chi connectivity index (χ1v) is 9.00. The molecular formula is C20H17BrN4O. The van der Waals surface area contributed by atoms with Gasteiger partial charge in [0.1, 0.15) is 16.8 Å². The maximum Gasteiger partial charge on any atom is 0.119 e. The van der Waals surface area contributed by atoms with Crippen LogP contribution in [0.15, 0.2) is 71.2 Å². The van der Waals surface area contributed by atoms with E-state index in [4.69, 9.17) is 4.74 Å². The lowest BCUT2D eigenvalue weighted by atomic mass is 10.2. The second kappa shape index (κ2) is 7.17. The van der Waals surface area contributed by atoms with Crippen LogP contribution in [0, 0.1) is 0 Å². The maximum atomic E-state index is 5.19. The van der Waals surface area contributed by atoms with Crippen molar-refractivity contribution in [3.05, 3.63) is 76.8 Å². The van der Waals surface area contributed by atoms with E-state index in [0.29, 0.717) is 0 Å². The van der Waals surface area contributed by atoms with Gasteiger partial charge in [-0.15, -0.1) is 10.2 Å². The maximum absolute atomic E-state index is 5.19. The third-order valence-electron chi connectivity index (χ3n) is 4.07. The van der Waals surface area contributed by atoms with Gasteiger partial charge >= 0.3 is 0 Å². The van der Waals surface area contributed by atoms with Crippen molar-refractivity contribution in [3.8, 4) is 11.4 Å². The van der Waals surface area contributed by atoms with E-state index >= 15 is 0 Å². The molecule has 0 aliphatic carbocycles. The summed E-state index contributed by atoms with van der Waals surface area (Å²) in [5, 5.41) is 12.6. The number of fused-ring (bicyclic) bond motifs is 1. The Balaban J connectivity index is 1.55. The van der Waals surface area contributed by atoms with Crippen LogP contribution in [0.1, 0.15) is 5.56 Å². The molecule has 0 radical (unpaired) electrons. The highest BCUT2D eigenvalue weighted by Gasteiger charge is 2.06. The van der Waals surface area contributed by atoms with Gasteiger partial charge in [-0.1, -0.05) is 28.1 Å². The first-order valence-electron chi connectivity index (χ1n) is 8.21. The largest absolute Gasteiger partial charge is 0.497 e. The minimum Gasteiger partial charge on any atom is -0.497 e. The van der Waals surface area contributed by atoms with Crippen LogP contribution in [0.25, 0.3) is 16.7 Å². The number of nitrogens with one attached hydrogen (secondary N) is 1. The van der Waals surface area contributed by atoms with Gasteiger partial charge in [0.25, 0.3) is 0 Å². The summed E-state index contributed by atoms with van der Waals surface area (Å²) in [6.45, 7) is 0.748. The van der Waals surface area contributed by atoms with Crippen molar-refractivity contribution >= 4 is 32.7 Å². The minimum atomic E-state index is 0.748. The van der Waals surface area contributed by atoms with E-state index in [0.717, 1.165) is 39.2 Å². The van der Waals surface area contributed by atoms with Gasteiger partial charge in [0.05, 0.1) is 12.8 Å². The van der Waals surface area contributed by atoms with Gasteiger partial charge in [-0.2, -0.15) is 4.80 Å². The standard InChI is InChI=1S/C20H17BrN4O/c1-26-18-8-6-17(7-9-18)25-23-19-10-5-16(12-20(19)24-25)22-13-14-3-2-4-15(21)11-14/h2-12,22H,13H2,1H3. The topological polar surface area (TPSA) is 52.0 Å². The number of benzene rings is 3. The highest BCUT2D eigenvalue weighted by molar-refractivity contribution is 9.10. The van der Waals surface area contributed by atoms with Crippen molar-refractivity contribution in [2.45, 2.75) is 6.54 Å². The van der Waals surface area contributed by atoms with Crippen LogP contribution in [0.4, 0.5) is 5.69 Å². The molecule has 0 spiro atoms. The molecule has 0 bridgehead atoms. The van der Waals surface area contributed by atoms with Crippen LogP contribution in [-0.4, -0.2) is 22.1 Å². The van der Waals surface area contributed by atoms with Crippen LogP contribution in [0.3, 0.4) is 0 Å². The number of halogens is 1. The molecule has 0 unspecified atom stereocenters. The normalized spacial score (nSPS) is 10.8. The zero-order chi connectivity index (χ0) is 17.9. The van der Waals surface area contributed by atoms with Crippen molar-refractivity contribution in [1.82, 2.24) is 15.0 Å². The quantitative estimate of drug-likeness (QED) is 0.514. The van der Waals surface area contributed by atoms with Gasteiger partial charge in [0.2, 0.25) is 0 Å². The number of hydrogen-bond acceptors (Lipinski definition) is 4. The highest BCUT2D eigenvalue weighted by Crippen LogP contribution is 2.20. The predicted molar refractivity (Wildman–Crippen MR) is 107 cm³/mol. The smallest absolute Gasteiger partial charge is 0.119 e. The molecule has 0 aliphatic heterocycles. The average molecular weight is 409 g/mol. The van der Waals surface area contributed by atoms with E-state index in [-0.39, 0.29) is 0 Å². The number of anilines is 1. The van der Waals surface area contributed by atoms with Crippen molar-refractivity contribution in [1.29, 1.82) is 0 Å². The molecule has 5 nitrogen and oxygen atoms in total. The molecule has 130 valence electrons. The molecule has 26 heavy (non-hydrogen) atoms. The number of aromatic nitrogens is 3. The van der Waals surface area contributed by atoms with Gasteiger partial charge < -0.3 is 10.1 Å². The van der Waals surface area contributed by atoms with E-state index < -0.39 is 0 Å². The second-order valence-corrected chi connectivity index (χ2v) is 6.79. The summed E-state index contributed by atoms with van der Waals surface area (Å²) in [4.78, 5) is 1.64. The number of hydrogen-bond donors (Lipinski definition) is 1. The molecule has 1 heterocycles. The number of ether oxygens (including phenoxy) is 1. The molecule has 6 heteroatoms. The monoisotopic (exact) mass is 408 g/mol. The lowest BCUT2D eigenvalue weighted by molar-refractivity contribution is 0.414. The van der Waals surface area contributed by atoms with Gasteiger partial charge in [-0.25, -0.2) is 0 Å². The van der Waals surface area contributed by atoms with Crippen LogP contribution >= 0.6 is 15.9 Å². The van der Waals surface area contributed by atoms with E-state index in [1.807, 2.05) is 54.6 Å². The fourth-order valence-corrected chi connectivity index (χ4v) is 3.15. The summed E-state index contributed by atoms with van der Waals surface area (Å²) >= 11 is 3.50. The number of rotatable bonds is 5. The summed E-state index contributed by atoms with van der Waals surface area (Å²) in [6.07, 6.45) is 0. The fourth-order valence-electron chi connectivity index (χ4n) is 2.71. The number of methoxy groups -OCH3 is 1. The molecule has 0 amide bonds. The van der Waals surface area contributed by atoms with E-state index in [1.54, 1.807) is 11.9 Å². The van der Waals surface area contributed by atoms with Gasteiger partial charge in [0, 0.05) is 16.7 Å². The van der Waals surface area contributed by atoms with Crippen molar-refractivity contribution in [2.75, 3.05) is 12.4 Å². The Labute approximate surface area is 159 Å². The van der Waals surface area contributed by atoms with E-state index in [2.05, 4.69) is 43.6 Å². The second-order valence-electron chi connectivity index (χ2n) is 5.87. The molecule has 4 rings (SSSR count). The summed E-state index contributed by atoms with van der Waals surface area (Å²) in [6, 6.07) is 21.9. The Morgan fingerprint density at radius 2 is 1.77 bits per heavy atom. The molecular weight excluding hydrogens is 392 g/mol. The molecule has 1 N–H and O–H groups in total. The van der Waals surface area contributed by atoms with Crippen molar-refractivity contribution in [3.63, 3.8) is 0 Å². The van der Waals surface area contributed by atoms with Crippen LogP contribution < -0.4 is 10.1 Å². The Morgan fingerprint density at radius 3 is 2.54 bits per heavy atom. The first-order chi connectivity index (χ1) is 12.7. The Bertz CT molecular complexity index is 1040. The van der Waals surface area contributed by atoms with Gasteiger partial charge in [-0.3, -0.25) is 0 Å². The lowest BCUT2D eigenvalue weighted by Crippen LogP contribution is -1.99. The van der Waals surface area contributed by atoms with Crippen LogP contribution in [0.5, 0.6) is 5.75 Å². The lowest BCUT2D eigenvalue weighted by Gasteiger charge is -2.06. The van der Waals surface area contributed by atoms with Gasteiger partial charge in [0.15, 0.2) is 0 Å². The summed E-state index contributed by atoms with van der Waals surface area (Å²) in [7, 11) is 1.65. The minimum absolute atomic E-state index is 0.748.